The van der Waals surface area contributed by atoms with E-state index < -0.39 is 11.6 Å². The highest BCUT2D eigenvalue weighted by Gasteiger charge is 2.13. The van der Waals surface area contributed by atoms with Gasteiger partial charge in [0.25, 0.3) is 0 Å². The maximum atomic E-state index is 13.8. The van der Waals surface area contributed by atoms with Gasteiger partial charge in [-0.2, -0.15) is 0 Å². The largest absolute Gasteiger partial charge is 0.496 e. The molecule has 2 aromatic carbocycles. The number of nitrogen functional groups attached to an aromatic ring is 1. The van der Waals surface area contributed by atoms with Gasteiger partial charge in [-0.1, -0.05) is 6.07 Å². The van der Waals surface area contributed by atoms with Crippen LogP contribution in [-0.4, -0.2) is 14.2 Å². The van der Waals surface area contributed by atoms with Crippen LogP contribution in [0.2, 0.25) is 0 Å². The third-order valence-corrected chi connectivity index (χ3v) is 2.95. The summed E-state index contributed by atoms with van der Waals surface area (Å²) >= 11 is 0. The van der Waals surface area contributed by atoms with E-state index in [0.717, 1.165) is 6.07 Å². The van der Waals surface area contributed by atoms with Gasteiger partial charge in [0.2, 0.25) is 0 Å². The molecule has 0 aliphatic heterocycles. The fourth-order valence-corrected chi connectivity index (χ4v) is 1.84. The monoisotopic (exact) mass is 295 g/mol. The zero-order chi connectivity index (χ0) is 15.4. The molecule has 2 N–H and O–H groups in total. The van der Waals surface area contributed by atoms with Crippen LogP contribution in [0.5, 0.6) is 17.2 Å². The van der Waals surface area contributed by atoms with E-state index in [0.29, 0.717) is 5.75 Å². The van der Waals surface area contributed by atoms with Crippen molar-refractivity contribution < 1.29 is 23.0 Å². The van der Waals surface area contributed by atoms with Gasteiger partial charge in [0.15, 0.2) is 11.5 Å². The van der Waals surface area contributed by atoms with Crippen LogP contribution in [0.25, 0.3) is 0 Å². The summed E-state index contributed by atoms with van der Waals surface area (Å²) in [5, 5.41) is 0. The molecule has 0 bridgehead atoms. The Balaban J connectivity index is 2.26. The molecule has 0 aliphatic rings. The summed E-state index contributed by atoms with van der Waals surface area (Å²) in [5.74, 6) is -0.297. The Morgan fingerprint density at radius 3 is 2.33 bits per heavy atom. The van der Waals surface area contributed by atoms with Crippen LogP contribution in [0, 0.1) is 11.6 Å². The smallest absolute Gasteiger partial charge is 0.163 e. The first-order valence-corrected chi connectivity index (χ1v) is 6.14. The van der Waals surface area contributed by atoms with Gasteiger partial charge in [-0.05, 0) is 12.1 Å². The molecule has 0 unspecified atom stereocenters. The number of halogens is 2. The van der Waals surface area contributed by atoms with Crippen molar-refractivity contribution in [2.24, 2.45) is 0 Å². The molecule has 0 spiro atoms. The van der Waals surface area contributed by atoms with E-state index in [9.17, 15) is 8.78 Å². The minimum Gasteiger partial charge on any atom is -0.496 e. The highest BCUT2D eigenvalue weighted by Crippen LogP contribution is 2.33. The normalized spacial score (nSPS) is 10.3. The number of anilines is 1. The number of ether oxygens (including phenoxy) is 3. The Morgan fingerprint density at radius 1 is 0.952 bits per heavy atom. The van der Waals surface area contributed by atoms with Gasteiger partial charge in [0, 0.05) is 12.1 Å². The molecule has 0 radical (unpaired) electrons. The van der Waals surface area contributed by atoms with Crippen LogP contribution in [-0.2, 0) is 6.61 Å². The topological polar surface area (TPSA) is 53.7 Å². The van der Waals surface area contributed by atoms with Crippen LogP contribution in [0.15, 0.2) is 30.3 Å². The van der Waals surface area contributed by atoms with Gasteiger partial charge < -0.3 is 19.9 Å². The molecule has 0 atom stereocenters. The Morgan fingerprint density at radius 2 is 1.67 bits per heavy atom. The van der Waals surface area contributed by atoms with E-state index in [1.807, 2.05) is 0 Å². The first-order valence-electron chi connectivity index (χ1n) is 6.14. The molecule has 2 rings (SSSR count). The molecule has 0 heterocycles. The standard InChI is InChI=1S/C15H15F2NO3/c1-19-13-5-3-4-10(16)9(13)8-21-15-7-12(18)11(17)6-14(15)20-2/h3-7H,8,18H2,1-2H3. The lowest BCUT2D eigenvalue weighted by atomic mass is 10.2. The number of benzene rings is 2. The predicted octanol–water partition coefficient (Wildman–Crippen LogP) is 3.14. The zero-order valence-corrected chi connectivity index (χ0v) is 11.7. The highest BCUT2D eigenvalue weighted by atomic mass is 19.1. The van der Waals surface area contributed by atoms with Crippen LogP contribution in [0.1, 0.15) is 5.56 Å². The number of hydrogen-bond acceptors (Lipinski definition) is 4. The lowest BCUT2D eigenvalue weighted by Gasteiger charge is -2.14. The summed E-state index contributed by atoms with van der Waals surface area (Å²) < 4.78 is 42.7. The Kier molecular flexibility index (Phi) is 4.47. The second kappa shape index (κ2) is 6.30. The van der Waals surface area contributed by atoms with Crippen LogP contribution < -0.4 is 19.9 Å². The van der Waals surface area contributed by atoms with Gasteiger partial charge >= 0.3 is 0 Å². The SMILES string of the molecule is COc1cc(F)c(N)cc1OCc1c(F)cccc1OC. The van der Waals surface area contributed by atoms with Gasteiger partial charge in [-0.3, -0.25) is 0 Å². The lowest BCUT2D eigenvalue weighted by Crippen LogP contribution is -2.04. The van der Waals surface area contributed by atoms with Crippen molar-refractivity contribution in [1.29, 1.82) is 0 Å². The minimum atomic E-state index is -0.609. The van der Waals surface area contributed by atoms with Crippen molar-refractivity contribution in [3.05, 3.63) is 47.5 Å². The first-order chi connectivity index (χ1) is 10.1. The molecular weight excluding hydrogens is 280 g/mol. The zero-order valence-electron chi connectivity index (χ0n) is 11.7. The molecule has 21 heavy (non-hydrogen) atoms. The molecule has 2 aromatic rings. The molecule has 112 valence electrons. The number of rotatable bonds is 5. The summed E-state index contributed by atoms with van der Waals surface area (Å²) in [7, 11) is 2.82. The van der Waals surface area contributed by atoms with Crippen LogP contribution >= 0.6 is 0 Å². The molecule has 0 aliphatic carbocycles. The first kappa shape index (κ1) is 14.9. The van der Waals surface area contributed by atoms with E-state index in [4.69, 9.17) is 19.9 Å². The summed E-state index contributed by atoms with van der Waals surface area (Å²) in [5.41, 5.74) is 5.67. The van der Waals surface area contributed by atoms with E-state index in [1.54, 1.807) is 6.07 Å². The Bertz CT molecular complexity index is 647. The summed E-state index contributed by atoms with van der Waals surface area (Å²) in [6, 6.07) is 6.87. The molecule has 0 saturated carbocycles. The minimum absolute atomic E-state index is 0.0775. The van der Waals surface area contributed by atoms with Crippen molar-refractivity contribution >= 4 is 5.69 Å². The Labute approximate surface area is 121 Å². The van der Waals surface area contributed by atoms with Gasteiger partial charge in [0.1, 0.15) is 24.0 Å². The second-order valence-electron chi connectivity index (χ2n) is 4.23. The lowest BCUT2D eigenvalue weighted by molar-refractivity contribution is 0.272. The molecule has 0 fully saturated rings. The number of nitrogens with two attached hydrogens (primary N) is 1. The van der Waals surface area contributed by atoms with E-state index in [-0.39, 0.29) is 29.4 Å². The van der Waals surface area contributed by atoms with Gasteiger partial charge in [-0.15, -0.1) is 0 Å². The molecule has 0 amide bonds. The Hall–Kier alpha value is -2.50. The molecule has 0 aromatic heterocycles. The van der Waals surface area contributed by atoms with E-state index in [1.165, 1.54) is 32.4 Å². The fraction of sp³-hybridized carbons (Fsp3) is 0.200. The summed E-state index contributed by atoms with van der Waals surface area (Å²) in [4.78, 5) is 0. The van der Waals surface area contributed by atoms with Crippen molar-refractivity contribution in [3.63, 3.8) is 0 Å². The molecular formula is C15H15F2NO3. The van der Waals surface area contributed by atoms with Crippen molar-refractivity contribution in [2.45, 2.75) is 6.61 Å². The average Bonchev–Trinajstić information content (AvgIpc) is 2.48. The maximum Gasteiger partial charge on any atom is 0.163 e. The van der Waals surface area contributed by atoms with Gasteiger partial charge in [0.05, 0.1) is 25.5 Å². The summed E-state index contributed by atoms with van der Waals surface area (Å²) in [6.45, 7) is -0.0999. The molecule has 6 heteroatoms. The van der Waals surface area contributed by atoms with Crippen LogP contribution in [0.3, 0.4) is 0 Å². The van der Waals surface area contributed by atoms with E-state index in [2.05, 4.69) is 0 Å². The van der Waals surface area contributed by atoms with Crippen molar-refractivity contribution in [2.75, 3.05) is 20.0 Å². The highest BCUT2D eigenvalue weighted by molar-refractivity contribution is 5.53. The third-order valence-electron chi connectivity index (χ3n) is 2.95. The molecule has 4 nitrogen and oxygen atoms in total. The maximum absolute atomic E-state index is 13.8. The molecule has 0 saturated heterocycles. The second-order valence-corrected chi connectivity index (χ2v) is 4.23. The van der Waals surface area contributed by atoms with Crippen LogP contribution in [0.4, 0.5) is 14.5 Å². The number of hydrogen-bond donors (Lipinski definition) is 1. The quantitative estimate of drug-likeness (QED) is 0.861. The summed E-state index contributed by atoms with van der Waals surface area (Å²) in [6.07, 6.45) is 0. The third kappa shape index (κ3) is 3.16. The predicted molar refractivity (Wildman–Crippen MR) is 74.6 cm³/mol. The average molecular weight is 295 g/mol. The van der Waals surface area contributed by atoms with Crippen molar-refractivity contribution in [1.82, 2.24) is 0 Å². The van der Waals surface area contributed by atoms with Crippen molar-refractivity contribution in [3.8, 4) is 17.2 Å². The van der Waals surface area contributed by atoms with E-state index >= 15 is 0 Å². The fourth-order valence-electron chi connectivity index (χ4n) is 1.84. The van der Waals surface area contributed by atoms with Gasteiger partial charge in [-0.25, -0.2) is 8.78 Å². The number of methoxy groups -OCH3 is 2.